The van der Waals surface area contributed by atoms with Gasteiger partial charge in [-0.1, -0.05) is 48.5 Å². The summed E-state index contributed by atoms with van der Waals surface area (Å²) < 4.78 is 0. The highest BCUT2D eigenvalue weighted by Crippen LogP contribution is 2.21. The predicted molar refractivity (Wildman–Crippen MR) is 109 cm³/mol. The summed E-state index contributed by atoms with van der Waals surface area (Å²) in [6.07, 6.45) is 2.22. The zero-order valence-electron chi connectivity index (χ0n) is 16.0. The van der Waals surface area contributed by atoms with Gasteiger partial charge >= 0.3 is 6.03 Å². The number of rotatable bonds is 6. The van der Waals surface area contributed by atoms with Gasteiger partial charge < -0.3 is 15.6 Å². The minimum atomic E-state index is -0.680. The first-order valence-corrected chi connectivity index (χ1v) is 9.54. The lowest BCUT2D eigenvalue weighted by Crippen LogP contribution is -2.42. The van der Waals surface area contributed by atoms with Gasteiger partial charge in [-0.05, 0) is 24.1 Å². The number of benzene rings is 2. The number of carbonyl (C=O) groups excluding carboxylic acids is 3. The fourth-order valence-corrected chi connectivity index (χ4v) is 3.64. The van der Waals surface area contributed by atoms with Crippen LogP contribution < -0.4 is 10.6 Å². The van der Waals surface area contributed by atoms with E-state index in [1.54, 1.807) is 0 Å². The Bertz CT molecular complexity index is 1060. The largest absolute Gasteiger partial charge is 0.361 e. The number of nitrogens with zero attached hydrogens (tertiary/aromatic N) is 1. The molecule has 0 aliphatic carbocycles. The Hall–Kier alpha value is -3.61. The number of urea groups is 1. The molecule has 0 bridgehead atoms. The van der Waals surface area contributed by atoms with E-state index in [9.17, 15) is 14.4 Å². The summed E-state index contributed by atoms with van der Waals surface area (Å²) in [5, 5.41) is 6.54. The maximum Gasteiger partial charge on any atom is 0.325 e. The minimum absolute atomic E-state index is 0.216. The molecule has 3 aromatic rings. The van der Waals surface area contributed by atoms with Crippen molar-refractivity contribution in [2.24, 2.45) is 0 Å². The first-order valence-electron chi connectivity index (χ1n) is 9.54. The molecule has 148 valence electrons. The van der Waals surface area contributed by atoms with Crippen molar-refractivity contribution in [3.63, 3.8) is 0 Å². The van der Waals surface area contributed by atoms with E-state index in [4.69, 9.17) is 0 Å². The molecule has 7 heteroatoms. The Morgan fingerprint density at radius 3 is 2.62 bits per heavy atom. The highest BCUT2D eigenvalue weighted by atomic mass is 16.2. The summed E-state index contributed by atoms with van der Waals surface area (Å²) in [4.78, 5) is 41.5. The Labute approximate surface area is 168 Å². The molecule has 0 unspecified atom stereocenters. The molecule has 3 N–H and O–H groups in total. The van der Waals surface area contributed by atoms with Crippen LogP contribution in [-0.2, 0) is 16.0 Å². The molecule has 29 heavy (non-hydrogen) atoms. The van der Waals surface area contributed by atoms with Crippen LogP contribution in [0.3, 0.4) is 0 Å². The molecular weight excluding hydrogens is 368 g/mol. The van der Waals surface area contributed by atoms with Crippen LogP contribution in [0.4, 0.5) is 4.79 Å². The minimum Gasteiger partial charge on any atom is -0.361 e. The van der Waals surface area contributed by atoms with Crippen LogP contribution in [0.5, 0.6) is 0 Å². The van der Waals surface area contributed by atoms with Gasteiger partial charge in [0.1, 0.15) is 12.6 Å². The number of imide groups is 1. The molecule has 1 fully saturated rings. The smallest absolute Gasteiger partial charge is 0.325 e. The molecule has 2 aromatic carbocycles. The van der Waals surface area contributed by atoms with Crippen LogP contribution in [0, 0.1) is 0 Å². The third kappa shape index (κ3) is 3.85. The van der Waals surface area contributed by atoms with E-state index in [1.165, 1.54) is 0 Å². The molecule has 2 atom stereocenters. The van der Waals surface area contributed by atoms with Crippen LogP contribution in [0.25, 0.3) is 10.9 Å². The number of aromatic amines is 1. The van der Waals surface area contributed by atoms with Gasteiger partial charge in [-0.25, -0.2) is 4.79 Å². The number of amides is 4. The summed E-state index contributed by atoms with van der Waals surface area (Å²) in [5.41, 5.74) is 2.88. The molecule has 0 radical (unpaired) electrons. The van der Waals surface area contributed by atoms with Gasteiger partial charge in [0.15, 0.2) is 0 Å². The van der Waals surface area contributed by atoms with Crippen molar-refractivity contribution in [3.8, 4) is 0 Å². The summed E-state index contributed by atoms with van der Waals surface area (Å²) >= 11 is 0. The second-order valence-electron chi connectivity index (χ2n) is 7.19. The number of H-pyrrole nitrogens is 1. The number of hydrogen-bond donors (Lipinski definition) is 3. The molecular formula is C22H22N4O3. The number of fused-ring (bicyclic) bond motifs is 1. The SMILES string of the molecule is C[C@@H](NC(=O)CN1C(=O)N[C@H](Cc2c[nH]c3ccccc23)C1=O)c1ccccc1. The molecule has 0 saturated carbocycles. The Morgan fingerprint density at radius 2 is 1.83 bits per heavy atom. The van der Waals surface area contributed by atoms with Gasteiger partial charge in [0.25, 0.3) is 5.91 Å². The van der Waals surface area contributed by atoms with Gasteiger partial charge in [0.05, 0.1) is 6.04 Å². The monoisotopic (exact) mass is 390 g/mol. The molecule has 1 aliphatic rings. The lowest BCUT2D eigenvalue weighted by atomic mass is 10.1. The van der Waals surface area contributed by atoms with Gasteiger partial charge in [-0.2, -0.15) is 0 Å². The van der Waals surface area contributed by atoms with Crippen LogP contribution in [0.15, 0.2) is 60.8 Å². The van der Waals surface area contributed by atoms with Crippen molar-refractivity contribution in [2.45, 2.75) is 25.4 Å². The molecule has 7 nitrogen and oxygen atoms in total. The third-order valence-electron chi connectivity index (χ3n) is 5.18. The number of aromatic nitrogens is 1. The Kier molecular flexibility index (Phi) is 5.03. The van der Waals surface area contributed by atoms with Crippen molar-refractivity contribution < 1.29 is 14.4 Å². The first-order chi connectivity index (χ1) is 14.0. The topological polar surface area (TPSA) is 94.3 Å². The zero-order chi connectivity index (χ0) is 20.4. The molecule has 0 spiro atoms. The number of para-hydroxylation sites is 1. The second-order valence-corrected chi connectivity index (χ2v) is 7.19. The van der Waals surface area contributed by atoms with Crippen molar-refractivity contribution in [1.82, 2.24) is 20.5 Å². The lowest BCUT2D eigenvalue weighted by Gasteiger charge is -2.17. The van der Waals surface area contributed by atoms with Crippen molar-refractivity contribution in [3.05, 3.63) is 71.9 Å². The Balaban J connectivity index is 1.39. The van der Waals surface area contributed by atoms with Crippen LogP contribution in [0.2, 0.25) is 0 Å². The number of carbonyl (C=O) groups is 3. The van der Waals surface area contributed by atoms with Gasteiger partial charge in [-0.15, -0.1) is 0 Å². The summed E-state index contributed by atoms with van der Waals surface area (Å²) in [5.74, 6) is -0.764. The number of hydrogen-bond acceptors (Lipinski definition) is 3. The molecule has 1 aliphatic heterocycles. The third-order valence-corrected chi connectivity index (χ3v) is 5.18. The van der Waals surface area contributed by atoms with E-state index in [1.807, 2.05) is 67.7 Å². The van der Waals surface area contributed by atoms with E-state index in [-0.39, 0.29) is 24.4 Å². The van der Waals surface area contributed by atoms with Gasteiger partial charge in [0, 0.05) is 23.5 Å². The van der Waals surface area contributed by atoms with Gasteiger partial charge in [0.2, 0.25) is 5.91 Å². The summed E-state index contributed by atoms with van der Waals surface area (Å²) in [7, 11) is 0. The standard InChI is InChI=1S/C22H22N4O3/c1-14(15-7-3-2-4-8-15)24-20(27)13-26-21(28)19(25-22(26)29)11-16-12-23-18-10-6-5-9-17(16)18/h2-10,12,14,19,23H,11,13H2,1H3,(H,24,27)(H,25,29)/t14-,19-/m1/s1. The fourth-order valence-electron chi connectivity index (χ4n) is 3.64. The zero-order valence-corrected chi connectivity index (χ0v) is 16.0. The fraction of sp³-hybridized carbons (Fsp3) is 0.227. The molecule has 2 heterocycles. The lowest BCUT2D eigenvalue weighted by molar-refractivity contribution is -0.132. The predicted octanol–water partition coefficient (Wildman–Crippen LogP) is 2.51. The highest BCUT2D eigenvalue weighted by Gasteiger charge is 2.39. The van der Waals surface area contributed by atoms with E-state index < -0.39 is 12.1 Å². The number of nitrogens with one attached hydrogen (secondary N) is 3. The average Bonchev–Trinajstić information content (AvgIpc) is 3.25. The maximum absolute atomic E-state index is 12.7. The van der Waals surface area contributed by atoms with Crippen LogP contribution >= 0.6 is 0 Å². The molecule has 1 aromatic heterocycles. The van der Waals surface area contributed by atoms with Gasteiger partial charge in [-0.3, -0.25) is 14.5 Å². The Morgan fingerprint density at radius 1 is 1.10 bits per heavy atom. The molecule has 4 amide bonds. The van der Waals surface area contributed by atoms with Crippen LogP contribution in [0.1, 0.15) is 24.1 Å². The average molecular weight is 390 g/mol. The van der Waals surface area contributed by atoms with E-state index >= 15 is 0 Å². The summed E-state index contributed by atoms with van der Waals surface area (Å²) in [6, 6.07) is 15.9. The normalized spacial score (nSPS) is 17.4. The maximum atomic E-state index is 12.7. The van der Waals surface area contributed by atoms with Crippen molar-refractivity contribution in [2.75, 3.05) is 6.54 Å². The van der Waals surface area contributed by atoms with Crippen molar-refractivity contribution in [1.29, 1.82) is 0 Å². The highest BCUT2D eigenvalue weighted by molar-refractivity contribution is 6.06. The van der Waals surface area contributed by atoms with Crippen LogP contribution in [-0.4, -0.2) is 40.3 Å². The first kappa shape index (κ1) is 18.7. The molecule has 4 rings (SSSR count). The van der Waals surface area contributed by atoms with E-state index in [0.717, 1.165) is 26.9 Å². The summed E-state index contributed by atoms with van der Waals surface area (Å²) in [6.45, 7) is 1.56. The van der Waals surface area contributed by atoms with E-state index in [0.29, 0.717) is 6.42 Å². The molecule has 1 saturated heterocycles. The quantitative estimate of drug-likeness (QED) is 0.565. The van der Waals surface area contributed by atoms with Crippen molar-refractivity contribution >= 4 is 28.7 Å². The second kappa shape index (κ2) is 7.79. The van der Waals surface area contributed by atoms with E-state index in [2.05, 4.69) is 15.6 Å².